The number of pyridine rings is 1. The minimum atomic E-state index is -0.951. The number of hydrogen-bond acceptors (Lipinski definition) is 4. The molecule has 4 aromatic rings. The number of aromatic carboxylic acids is 1. The third-order valence-corrected chi connectivity index (χ3v) is 6.30. The summed E-state index contributed by atoms with van der Waals surface area (Å²) >= 11 is 6.22. The Hall–Kier alpha value is -3.96. The number of aryl methyl sites for hydroxylation is 2. The van der Waals surface area contributed by atoms with Crippen molar-refractivity contribution in [3.05, 3.63) is 124 Å². The maximum atomic E-state index is 11.2. The molecule has 0 aliphatic carbocycles. The molecule has 0 saturated heterocycles. The van der Waals surface area contributed by atoms with Crippen LogP contribution in [0.4, 0.5) is 0 Å². The molecule has 3 aromatic carbocycles. The summed E-state index contributed by atoms with van der Waals surface area (Å²) < 4.78 is 0. The average Bonchev–Trinajstić information content (AvgIpc) is 2.85. The molecular weight excluding hydrogens is 460 g/mol. The molecular formula is C29H25ClN2O3. The Bertz CT molecular complexity index is 1380. The first-order valence-corrected chi connectivity index (χ1v) is 11.6. The van der Waals surface area contributed by atoms with Gasteiger partial charge in [0.15, 0.2) is 0 Å². The minimum Gasteiger partial charge on any atom is -0.478 e. The van der Waals surface area contributed by atoms with Crippen molar-refractivity contribution in [2.75, 3.05) is 0 Å². The highest BCUT2D eigenvalue weighted by atomic mass is 35.5. The molecule has 4 rings (SSSR count). The Labute approximate surface area is 209 Å². The lowest BCUT2D eigenvalue weighted by atomic mass is 9.82. The van der Waals surface area contributed by atoms with Crippen molar-refractivity contribution in [1.82, 2.24) is 4.98 Å². The van der Waals surface area contributed by atoms with Crippen LogP contribution in [-0.4, -0.2) is 27.0 Å². The van der Waals surface area contributed by atoms with Gasteiger partial charge in [0, 0.05) is 23.3 Å². The summed E-state index contributed by atoms with van der Waals surface area (Å²) in [7, 11) is 0. The average molecular weight is 485 g/mol. The Balaban J connectivity index is 1.73. The van der Waals surface area contributed by atoms with Crippen LogP contribution in [0.1, 0.15) is 44.2 Å². The summed E-state index contributed by atoms with van der Waals surface area (Å²) in [6.07, 6.45) is 2.22. The third-order valence-electron chi connectivity index (χ3n) is 6.06. The lowest BCUT2D eigenvalue weighted by Gasteiger charge is -2.22. The van der Waals surface area contributed by atoms with Crippen LogP contribution in [-0.2, 0) is 6.42 Å². The summed E-state index contributed by atoms with van der Waals surface area (Å²) in [4.78, 5) is 15.4. The standard InChI is InChI=1S/C29H25ClN2O3/c1-18-15-25(30)11-12-26(18)28(27(32-35)17-20-13-14-31-19(2)16-20)23-7-3-21(4-8-23)22-5-9-24(10-6-22)29(33)34/h3-16,28,35H,17H2,1-2H3,(H,33,34)/t28-/m1/s1. The van der Waals surface area contributed by atoms with E-state index in [4.69, 9.17) is 16.7 Å². The van der Waals surface area contributed by atoms with Crippen LogP contribution in [0.3, 0.4) is 0 Å². The van der Waals surface area contributed by atoms with E-state index >= 15 is 0 Å². The SMILES string of the molecule is Cc1cc(CC(=NO)[C@H](c2ccc(-c3ccc(C(=O)O)cc3)cc2)c2ccc(Cl)cc2C)ccn1. The molecule has 1 atom stereocenters. The van der Waals surface area contributed by atoms with Gasteiger partial charge in [-0.2, -0.15) is 0 Å². The molecule has 1 aromatic heterocycles. The zero-order valence-electron chi connectivity index (χ0n) is 19.4. The number of benzene rings is 3. The summed E-state index contributed by atoms with van der Waals surface area (Å²) in [6.45, 7) is 3.93. The first-order valence-electron chi connectivity index (χ1n) is 11.2. The highest BCUT2D eigenvalue weighted by Gasteiger charge is 2.24. The van der Waals surface area contributed by atoms with Crippen LogP contribution in [0.2, 0.25) is 5.02 Å². The molecule has 0 radical (unpaired) electrons. The molecule has 5 nitrogen and oxygen atoms in total. The Morgan fingerprint density at radius 2 is 1.60 bits per heavy atom. The Morgan fingerprint density at radius 1 is 0.943 bits per heavy atom. The van der Waals surface area contributed by atoms with Crippen molar-refractivity contribution in [3.8, 4) is 11.1 Å². The fourth-order valence-corrected chi connectivity index (χ4v) is 4.53. The normalized spacial score (nSPS) is 12.4. The van der Waals surface area contributed by atoms with E-state index < -0.39 is 5.97 Å². The van der Waals surface area contributed by atoms with E-state index in [9.17, 15) is 10.0 Å². The fourth-order valence-electron chi connectivity index (χ4n) is 4.31. The zero-order chi connectivity index (χ0) is 24.9. The molecule has 35 heavy (non-hydrogen) atoms. The summed E-state index contributed by atoms with van der Waals surface area (Å²) in [5, 5.41) is 23.6. The summed E-state index contributed by atoms with van der Waals surface area (Å²) in [6, 6.07) is 24.5. The second kappa shape index (κ2) is 10.5. The van der Waals surface area contributed by atoms with E-state index in [-0.39, 0.29) is 11.5 Å². The van der Waals surface area contributed by atoms with Gasteiger partial charge in [0.05, 0.1) is 17.2 Å². The van der Waals surface area contributed by atoms with E-state index in [2.05, 4.69) is 10.1 Å². The third kappa shape index (κ3) is 5.58. The van der Waals surface area contributed by atoms with Gasteiger partial charge in [-0.15, -0.1) is 0 Å². The molecule has 0 aliphatic heterocycles. The van der Waals surface area contributed by atoms with Crippen LogP contribution in [0, 0.1) is 13.8 Å². The summed E-state index contributed by atoms with van der Waals surface area (Å²) in [5.41, 5.74) is 7.63. The first kappa shape index (κ1) is 24.2. The topological polar surface area (TPSA) is 82.8 Å². The van der Waals surface area contributed by atoms with Crippen molar-refractivity contribution in [3.63, 3.8) is 0 Å². The van der Waals surface area contributed by atoms with Crippen molar-refractivity contribution in [2.45, 2.75) is 26.2 Å². The predicted octanol–water partition coefficient (Wildman–Crippen LogP) is 6.92. The molecule has 0 amide bonds. The second-order valence-electron chi connectivity index (χ2n) is 8.51. The maximum absolute atomic E-state index is 11.2. The largest absolute Gasteiger partial charge is 0.478 e. The maximum Gasteiger partial charge on any atom is 0.335 e. The Morgan fingerprint density at radius 3 is 2.17 bits per heavy atom. The Kier molecular flexibility index (Phi) is 7.28. The number of rotatable bonds is 7. The first-order chi connectivity index (χ1) is 16.9. The molecule has 1 heterocycles. The van der Waals surface area contributed by atoms with Crippen molar-refractivity contribution in [1.29, 1.82) is 0 Å². The zero-order valence-corrected chi connectivity index (χ0v) is 20.2. The number of carboxylic acids is 1. The number of hydrogen-bond donors (Lipinski definition) is 2. The quantitative estimate of drug-likeness (QED) is 0.169. The van der Waals surface area contributed by atoms with Gasteiger partial charge < -0.3 is 10.3 Å². The van der Waals surface area contributed by atoms with Crippen LogP contribution < -0.4 is 0 Å². The smallest absolute Gasteiger partial charge is 0.335 e. The van der Waals surface area contributed by atoms with Gasteiger partial charge in [0.2, 0.25) is 0 Å². The molecule has 0 aliphatic rings. The predicted molar refractivity (Wildman–Crippen MR) is 139 cm³/mol. The van der Waals surface area contributed by atoms with Gasteiger partial charge >= 0.3 is 5.97 Å². The van der Waals surface area contributed by atoms with E-state index in [0.29, 0.717) is 17.2 Å². The van der Waals surface area contributed by atoms with Crippen molar-refractivity contribution < 1.29 is 15.1 Å². The van der Waals surface area contributed by atoms with Crippen LogP contribution in [0.5, 0.6) is 0 Å². The van der Waals surface area contributed by atoms with E-state index in [1.165, 1.54) is 0 Å². The number of oxime groups is 1. The van der Waals surface area contributed by atoms with E-state index in [1.54, 1.807) is 30.5 Å². The van der Waals surface area contributed by atoms with Crippen molar-refractivity contribution in [2.24, 2.45) is 5.16 Å². The molecule has 2 N–H and O–H groups in total. The number of halogens is 1. The molecule has 0 spiro atoms. The molecule has 176 valence electrons. The number of nitrogens with zero attached hydrogens (tertiary/aromatic N) is 2. The number of carbonyl (C=O) groups is 1. The van der Waals surface area contributed by atoms with Crippen LogP contribution in [0.15, 0.2) is 90.2 Å². The van der Waals surface area contributed by atoms with E-state index in [0.717, 1.165) is 39.1 Å². The van der Waals surface area contributed by atoms with E-state index in [1.807, 2.05) is 68.4 Å². The highest BCUT2D eigenvalue weighted by Crippen LogP contribution is 2.33. The van der Waals surface area contributed by atoms with Crippen LogP contribution in [0.25, 0.3) is 11.1 Å². The van der Waals surface area contributed by atoms with Crippen LogP contribution >= 0.6 is 11.6 Å². The molecule has 6 heteroatoms. The second-order valence-corrected chi connectivity index (χ2v) is 8.95. The monoisotopic (exact) mass is 484 g/mol. The molecule has 0 saturated carbocycles. The number of carboxylic acid groups (broad SMARTS) is 1. The molecule has 0 unspecified atom stereocenters. The van der Waals surface area contributed by atoms with Gasteiger partial charge in [0.1, 0.15) is 0 Å². The lowest BCUT2D eigenvalue weighted by molar-refractivity contribution is 0.0697. The van der Waals surface area contributed by atoms with Gasteiger partial charge in [-0.1, -0.05) is 59.2 Å². The molecule has 0 fully saturated rings. The summed E-state index contributed by atoms with van der Waals surface area (Å²) in [5.74, 6) is -1.23. The lowest BCUT2D eigenvalue weighted by Crippen LogP contribution is -2.18. The minimum absolute atomic E-state index is 0.249. The number of aromatic nitrogens is 1. The van der Waals surface area contributed by atoms with Gasteiger partial charge in [-0.3, -0.25) is 4.98 Å². The highest BCUT2D eigenvalue weighted by molar-refractivity contribution is 6.30. The molecule has 0 bridgehead atoms. The van der Waals surface area contributed by atoms with Crippen molar-refractivity contribution >= 4 is 23.3 Å². The van der Waals surface area contributed by atoms with Gasteiger partial charge in [-0.25, -0.2) is 4.79 Å². The fraction of sp³-hybridized carbons (Fsp3) is 0.138. The van der Waals surface area contributed by atoms with Gasteiger partial charge in [0.25, 0.3) is 0 Å². The van der Waals surface area contributed by atoms with Gasteiger partial charge in [-0.05, 0) is 83.6 Å².